The number of hydrogen-bond acceptors (Lipinski definition) is 3. The molecule has 0 heterocycles. The second-order valence-corrected chi connectivity index (χ2v) is 4.99. The number of amides is 2. The molecule has 0 aliphatic carbocycles. The van der Waals surface area contributed by atoms with Crippen molar-refractivity contribution in [3.8, 4) is 0 Å². The van der Waals surface area contributed by atoms with Crippen LogP contribution in [0.4, 0.5) is 5.69 Å². The molecule has 0 radical (unpaired) electrons. The fraction of sp³-hybridized carbons (Fsp3) is 0.385. The van der Waals surface area contributed by atoms with Crippen molar-refractivity contribution in [3.05, 3.63) is 28.7 Å². The Labute approximate surface area is 121 Å². The molecule has 1 aromatic carbocycles. The summed E-state index contributed by atoms with van der Waals surface area (Å²) in [6.07, 6.45) is 0.876. The number of carbonyl (C=O) groups excluding carboxylic acids is 2. The molecule has 1 rings (SSSR count). The summed E-state index contributed by atoms with van der Waals surface area (Å²) in [6, 6.07) is 6.63. The molecule has 0 saturated carbocycles. The lowest BCUT2D eigenvalue weighted by atomic mass is 10.1. The first-order valence-corrected chi connectivity index (χ1v) is 6.91. The highest BCUT2D eigenvalue weighted by Gasteiger charge is 2.19. The summed E-state index contributed by atoms with van der Waals surface area (Å²) >= 11 is 3.37. The lowest BCUT2D eigenvalue weighted by Gasteiger charge is -2.17. The molecular weight excluding hydrogens is 310 g/mol. The summed E-state index contributed by atoms with van der Waals surface area (Å²) in [7, 11) is 0. The zero-order chi connectivity index (χ0) is 14.3. The summed E-state index contributed by atoms with van der Waals surface area (Å²) < 4.78 is 0.815. The van der Waals surface area contributed by atoms with E-state index in [0.717, 1.165) is 16.6 Å². The highest BCUT2D eigenvalue weighted by atomic mass is 79.9. The standard InChI is InChI=1S/C13H18BrN3O2/c1-2-7-16-12(18)8-11(13(15)19)17-10-6-4-3-5-9(10)14/h3-6,11,17H,2,7-8H2,1H3,(H2,15,19)(H,16,18). The molecule has 4 N–H and O–H groups in total. The highest BCUT2D eigenvalue weighted by Crippen LogP contribution is 2.22. The smallest absolute Gasteiger partial charge is 0.240 e. The zero-order valence-electron chi connectivity index (χ0n) is 10.8. The van der Waals surface area contributed by atoms with E-state index in [1.54, 1.807) is 0 Å². The van der Waals surface area contributed by atoms with E-state index in [4.69, 9.17) is 5.73 Å². The van der Waals surface area contributed by atoms with Gasteiger partial charge in [0.2, 0.25) is 11.8 Å². The predicted octanol–water partition coefficient (Wildman–Crippen LogP) is 1.63. The van der Waals surface area contributed by atoms with E-state index >= 15 is 0 Å². The molecule has 0 aliphatic rings. The number of anilines is 1. The first kappa shape index (κ1) is 15.5. The molecule has 5 nitrogen and oxygen atoms in total. The maximum Gasteiger partial charge on any atom is 0.240 e. The summed E-state index contributed by atoms with van der Waals surface area (Å²) in [5, 5.41) is 5.69. The Hall–Kier alpha value is -1.56. The molecular formula is C13H18BrN3O2. The van der Waals surface area contributed by atoms with Crippen LogP contribution in [0.2, 0.25) is 0 Å². The van der Waals surface area contributed by atoms with Gasteiger partial charge in [-0.15, -0.1) is 0 Å². The highest BCUT2D eigenvalue weighted by molar-refractivity contribution is 9.10. The van der Waals surface area contributed by atoms with E-state index in [-0.39, 0.29) is 12.3 Å². The van der Waals surface area contributed by atoms with E-state index in [9.17, 15) is 9.59 Å². The number of carbonyl (C=O) groups is 2. The van der Waals surface area contributed by atoms with Crippen LogP contribution >= 0.6 is 15.9 Å². The van der Waals surface area contributed by atoms with Gasteiger partial charge in [0.05, 0.1) is 6.42 Å². The third-order valence-corrected chi connectivity index (χ3v) is 3.20. The monoisotopic (exact) mass is 327 g/mol. The number of rotatable bonds is 7. The van der Waals surface area contributed by atoms with Gasteiger partial charge in [-0.25, -0.2) is 0 Å². The van der Waals surface area contributed by atoms with Gasteiger partial charge in [-0.1, -0.05) is 19.1 Å². The van der Waals surface area contributed by atoms with Crippen LogP contribution in [0.1, 0.15) is 19.8 Å². The van der Waals surface area contributed by atoms with E-state index in [0.29, 0.717) is 6.54 Å². The number of benzene rings is 1. The van der Waals surface area contributed by atoms with Crippen molar-refractivity contribution in [2.75, 3.05) is 11.9 Å². The normalized spacial score (nSPS) is 11.7. The Morgan fingerprint density at radius 2 is 2.05 bits per heavy atom. The summed E-state index contributed by atoms with van der Waals surface area (Å²) in [5.41, 5.74) is 6.05. The van der Waals surface area contributed by atoms with Crippen LogP contribution in [-0.2, 0) is 9.59 Å². The van der Waals surface area contributed by atoms with Gasteiger partial charge in [0.15, 0.2) is 0 Å². The van der Waals surface area contributed by atoms with Gasteiger partial charge < -0.3 is 16.4 Å². The molecule has 1 aromatic rings. The average Bonchev–Trinajstić information content (AvgIpc) is 2.38. The summed E-state index contributed by atoms with van der Waals surface area (Å²) in [6.45, 7) is 2.56. The Morgan fingerprint density at radius 1 is 1.37 bits per heavy atom. The fourth-order valence-corrected chi connectivity index (χ4v) is 1.91. The topological polar surface area (TPSA) is 84.2 Å². The minimum Gasteiger partial charge on any atom is -0.372 e. The van der Waals surface area contributed by atoms with Crippen molar-refractivity contribution in [3.63, 3.8) is 0 Å². The molecule has 1 unspecified atom stereocenters. The zero-order valence-corrected chi connectivity index (χ0v) is 12.4. The van der Waals surface area contributed by atoms with Crippen LogP contribution in [0.15, 0.2) is 28.7 Å². The average molecular weight is 328 g/mol. The third-order valence-electron chi connectivity index (χ3n) is 2.51. The number of primary amides is 1. The minimum atomic E-state index is -0.726. The molecule has 0 aliphatic heterocycles. The van der Waals surface area contributed by atoms with Gasteiger partial charge in [0, 0.05) is 16.7 Å². The summed E-state index contributed by atoms with van der Waals surface area (Å²) in [5.74, 6) is -0.743. The molecule has 2 amide bonds. The van der Waals surface area contributed by atoms with Crippen LogP contribution in [-0.4, -0.2) is 24.4 Å². The molecule has 6 heteroatoms. The van der Waals surface area contributed by atoms with E-state index in [1.165, 1.54) is 0 Å². The van der Waals surface area contributed by atoms with Crippen molar-refractivity contribution >= 4 is 33.4 Å². The maximum absolute atomic E-state index is 11.6. The van der Waals surface area contributed by atoms with Gasteiger partial charge >= 0.3 is 0 Å². The molecule has 0 aromatic heterocycles. The number of halogens is 1. The van der Waals surface area contributed by atoms with Gasteiger partial charge in [-0.2, -0.15) is 0 Å². The van der Waals surface area contributed by atoms with Crippen molar-refractivity contribution < 1.29 is 9.59 Å². The maximum atomic E-state index is 11.6. The van der Waals surface area contributed by atoms with Crippen LogP contribution in [0, 0.1) is 0 Å². The Balaban J connectivity index is 2.66. The van der Waals surface area contributed by atoms with Crippen LogP contribution in [0.3, 0.4) is 0 Å². The first-order chi connectivity index (χ1) is 9.04. The summed E-state index contributed by atoms with van der Waals surface area (Å²) in [4.78, 5) is 23.0. The Morgan fingerprint density at radius 3 is 2.63 bits per heavy atom. The third kappa shape index (κ3) is 5.30. The number of nitrogens with two attached hydrogens (primary N) is 1. The van der Waals surface area contributed by atoms with Crippen LogP contribution in [0.5, 0.6) is 0 Å². The molecule has 0 bridgehead atoms. The lowest BCUT2D eigenvalue weighted by molar-refractivity contribution is -0.125. The van der Waals surface area contributed by atoms with Crippen molar-refractivity contribution in [2.45, 2.75) is 25.8 Å². The van der Waals surface area contributed by atoms with Crippen molar-refractivity contribution in [1.82, 2.24) is 5.32 Å². The van der Waals surface area contributed by atoms with Gasteiger partial charge in [-0.05, 0) is 34.5 Å². The molecule has 19 heavy (non-hydrogen) atoms. The van der Waals surface area contributed by atoms with E-state index in [1.807, 2.05) is 31.2 Å². The number of nitrogens with one attached hydrogen (secondary N) is 2. The predicted molar refractivity (Wildman–Crippen MR) is 78.7 cm³/mol. The van der Waals surface area contributed by atoms with E-state index in [2.05, 4.69) is 26.6 Å². The minimum absolute atomic E-state index is 0.0245. The molecule has 0 fully saturated rings. The largest absolute Gasteiger partial charge is 0.372 e. The van der Waals surface area contributed by atoms with Crippen molar-refractivity contribution in [2.24, 2.45) is 5.73 Å². The fourth-order valence-electron chi connectivity index (χ4n) is 1.51. The van der Waals surface area contributed by atoms with Crippen LogP contribution < -0.4 is 16.4 Å². The number of hydrogen-bond donors (Lipinski definition) is 3. The lowest BCUT2D eigenvalue weighted by Crippen LogP contribution is -2.40. The van der Waals surface area contributed by atoms with Crippen LogP contribution in [0.25, 0.3) is 0 Å². The first-order valence-electron chi connectivity index (χ1n) is 6.11. The van der Waals surface area contributed by atoms with Gasteiger partial charge in [0.1, 0.15) is 6.04 Å². The Bertz CT molecular complexity index is 451. The second kappa shape index (κ2) is 7.78. The SMILES string of the molecule is CCCNC(=O)CC(Nc1ccccc1Br)C(N)=O. The van der Waals surface area contributed by atoms with E-state index < -0.39 is 11.9 Å². The number of para-hydroxylation sites is 1. The quantitative estimate of drug-likeness (QED) is 0.711. The molecule has 0 saturated heterocycles. The molecule has 0 spiro atoms. The Kier molecular flexibility index (Phi) is 6.35. The second-order valence-electron chi connectivity index (χ2n) is 4.13. The van der Waals surface area contributed by atoms with Gasteiger partial charge in [-0.3, -0.25) is 9.59 Å². The van der Waals surface area contributed by atoms with Gasteiger partial charge in [0.25, 0.3) is 0 Å². The molecule has 104 valence electrons. The van der Waals surface area contributed by atoms with Crippen molar-refractivity contribution in [1.29, 1.82) is 0 Å². The molecule has 1 atom stereocenters.